The van der Waals surface area contributed by atoms with E-state index in [9.17, 15) is 9.59 Å². The summed E-state index contributed by atoms with van der Waals surface area (Å²) in [5.41, 5.74) is 0.754. The fourth-order valence-electron chi connectivity index (χ4n) is 1.25. The topological polar surface area (TPSA) is 67.3 Å². The maximum atomic E-state index is 10.8. The number of carboxylic acid groups (broad SMARTS) is 1. The lowest BCUT2D eigenvalue weighted by Crippen LogP contribution is -1.96. The molecule has 1 N–H and O–H groups in total. The minimum atomic E-state index is -0.990. The van der Waals surface area contributed by atoms with Crippen LogP contribution in [0, 0.1) is 0 Å². The molecule has 0 unspecified atom stereocenters. The minimum absolute atomic E-state index is 0.186. The second kappa shape index (κ2) is 4.24. The van der Waals surface area contributed by atoms with Crippen LogP contribution >= 0.6 is 11.3 Å². The van der Waals surface area contributed by atoms with Gasteiger partial charge in [0, 0.05) is 6.20 Å². The van der Waals surface area contributed by atoms with Crippen molar-refractivity contribution < 1.29 is 14.7 Å². The van der Waals surface area contributed by atoms with Gasteiger partial charge in [0.15, 0.2) is 6.29 Å². The average Bonchev–Trinajstić information content (AvgIpc) is 2.77. The first-order valence-corrected chi connectivity index (χ1v) is 5.27. The number of aldehydes is 1. The first kappa shape index (κ1) is 10.5. The van der Waals surface area contributed by atoms with Crippen LogP contribution in [0.25, 0.3) is 10.6 Å². The van der Waals surface area contributed by atoms with Crippen molar-refractivity contribution in [1.29, 1.82) is 0 Å². The molecule has 2 rings (SSSR count). The summed E-state index contributed by atoms with van der Waals surface area (Å²) in [4.78, 5) is 26.7. The molecule has 0 bridgehead atoms. The third-order valence-electron chi connectivity index (χ3n) is 2.00. The largest absolute Gasteiger partial charge is 0.478 e. The van der Waals surface area contributed by atoms with Gasteiger partial charge in [-0.15, -0.1) is 11.3 Å². The predicted molar refractivity (Wildman–Crippen MR) is 59.9 cm³/mol. The molecular weight excluding hydrogens is 226 g/mol. The van der Waals surface area contributed by atoms with Gasteiger partial charge < -0.3 is 5.11 Å². The molecule has 0 fully saturated rings. The van der Waals surface area contributed by atoms with E-state index in [1.54, 1.807) is 12.1 Å². The van der Waals surface area contributed by atoms with Crippen LogP contribution in [0.1, 0.15) is 20.0 Å². The highest BCUT2D eigenvalue weighted by atomic mass is 32.1. The van der Waals surface area contributed by atoms with Crippen molar-refractivity contribution in [3.63, 3.8) is 0 Å². The Morgan fingerprint density at radius 2 is 2.19 bits per heavy atom. The van der Waals surface area contributed by atoms with Crippen LogP contribution in [-0.2, 0) is 0 Å². The molecule has 0 atom stereocenters. The zero-order valence-corrected chi connectivity index (χ0v) is 8.90. The Morgan fingerprint density at radius 1 is 1.38 bits per heavy atom. The van der Waals surface area contributed by atoms with Crippen LogP contribution in [0.15, 0.2) is 30.5 Å². The lowest BCUT2D eigenvalue weighted by molar-refractivity contribution is 0.0696. The molecule has 4 nitrogen and oxygen atoms in total. The summed E-state index contributed by atoms with van der Waals surface area (Å²) in [6, 6.07) is 6.35. The minimum Gasteiger partial charge on any atom is -0.478 e. The van der Waals surface area contributed by atoms with Crippen molar-refractivity contribution >= 4 is 23.6 Å². The Hall–Kier alpha value is -2.01. The van der Waals surface area contributed by atoms with E-state index in [4.69, 9.17) is 5.11 Å². The molecule has 2 aromatic rings. The molecule has 0 aromatic carbocycles. The van der Waals surface area contributed by atoms with Crippen LogP contribution in [0.3, 0.4) is 0 Å². The summed E-state index contributed by atoms with van der Waals surface area (Å²) in [5, 5.41) is 8.83. The van der Waals surface area contributed by atoms with Crippen molar-refractivity contribution in [2.24, 2.45) is 0 Å². The first-order valence-electron chi connectivity index (χ1n) is 4.45. The standard InChI is InChI=1S/C11H7NO3S/c13-6-8-1-2-10(16-8)9-5-7(11(14)15)3-4-12-9/h1-6H,(H,14,15). The number of carbonyl (C=O) groups excluding carboxylic acids is 1. The summed E-state index contributed by atoms with van der Waals surface area (Å²) in [5.74, 6) is -0.990. The number of aromatic carboxylic acids is 1. The van der Waals surface area contributed by atoms with Crippen LogP contribution < -0.4 is 0 Å². The SMILES string of the molecule is O=Cc1ccc(-c2cc(C(=O)O)ccn2)s1. The van der Waals surface area contributed by atoms with Crippen LogP contribution in [0.2, 0.25) is 0 Å². The van der Waals surface area contributed by atoms with Gasteiger partial charge in [-0.1, -0.05) is 0 Å². The molecule has 0 amide bonds. The molecule has 0 saturated carbocycles. The van der Waals surface area contributed by atoms with E-state index in [-0.39, 0.29) is 5.56 Å². The molecule has 0 aliphatic carbocycles. The molecule has 2 heterocycles. The zero-order chi connectivity index (χ0) is 11.5. The van der Waals surface area contributed by atoms with Gasteiger partial charge >= 0.3 is 5.97 Å². The van der Waals surface area contributed by atoms with Gasteiger partial charge in [-0.25, -0.2) is 4.79 Å². The van der Waals surface area contributed by atoms with Gasteiger partial charge in [-0.3, -0.25) is 9.78 Å². The average molecular weight is 233 g/mol. The molecule has 0 radical (unpaired) electrons. The lowest BCUT2D eigenvalue weighted by atomic mass is 10.2. The van der Waals surface area contributed by atoms with Gasteiger partial charge in [-0.2, -0.15) is 0 Å². The first-order chi connectivity index (χ1) is 7.70. The van der Waals surface area contributed by atoms with Crippen LogP contribution in [0.5, 0.6) is 0 Å². The van der Waals surface area contributed by atoms with E-state index in [0.717, 1.165) is 11.2 Å². The molecular formula is C11H7NO3S. The van der Waals surface area contributed by atoms with E-state index in [0.29, 0.717) is 10.6 Å². The number of aromatic nitrogens is 1. The highest BCUT2D eigenvalue weighted by molar-refractivity contribution is 7.17. The normalized spacial score (nSPS) is 10.0. The van der Waals surface area contributed by atoms with E-state index in [1.807, 2.05) is 0 Å². The van der Waals surface area contributed by atoms with Crippen molar-refractivity contribution in [2.45, 2.75) is 0 Å². The van der Waals surface area contributed by atoms with E-state index < -0.39 is 5.97 Å². The Labute approximate surface area is 95.2 Å². The summed E-state index contributed by atoms with van der Waals surface area (Å²) >= 11 is 1.28. The van der Waals surface area contributed by atoms with E-state index in [2.05, 4.69) is 4.98 Å². The predicted octanol–water partition coefficient (Wildman–Crippen LogP) is 2.32. The number of hydrogen-bond acceptors (Lipinski definition) is 4. The quantitative estimate of drug-likeness (QED) is 0.826. The summed E-state index contributed by atoms with van der Waals surface area (Å²) in [6.45, 7) is 0. The lowest BCUT2D eigenvalue weighted by Gasteiger charge is -1.97. The van der Waals surface area contributed by atoms with Crippen molar-refractivity contribution in [3.05, 3.63) is 40.9 Å². The third-order valence-corrected chi connectivity index (χ3v) is 3.04. The second-order valence-electron chi connectivity index (χ2n) is 3.05. The maximum Gasteiger partial charge on any atom is 0.335 e. The Balaban J connectivity index is 2.43. The molecule has 0 saturated heterocycles. The van der Waals surface area contributed by atoms with Gasteiger partial charge in [0.05, 0.1) is 21.0 Å². The van der Waals surface area contributed by atoms with Crippen LogP contribution in [0.4, 0.5) is 0 Å². The molecule has 0 aliphatic heterocycles. The molecule has 80 valence electrons. The molecule has 2 aromatic heterocycles. The van der Waals surface area contributed by atoms with E-state index >= 15 is 0 Å². The number of hydrogen-bond donors (Lipinski definition) is 1. The number of thiophene rings is 1. The van der Waals surface area contributed by atoms with Gasteiger partial charge in [0.1, 0.15) is 0 Å². The number of carboxylic acids is 1. The monoisotopic (exact) mass is 233 g/mol. The van der Waals surface area contributed by atoms with Gasteiger partial charge in [-0.05, 0) is 24.3 Å². The van der Waals surface area contributed by atoms with Crippen molar-refractivity contribution in [1.82, 2.24) is 4.98 Å². The Bertz CT molecular complexity index is 548. The fourth-order valence-corrected chi connectivity index (χ4v) is 2.04. The Kier molecular flexibility index (Phi) is 2.78. The molecule has 5 heteroatoms. The highest BCUT2D eigenvalue weighted by Crippen LogP contribution is 2.25. The molecule has 0 spiro atoms. The summed E-state index contributed by atoms with van der Waals surface area (Å²) < 4.78 is 0. The third kappa shape index (κ3) is 1.99. The van der Waals surface area contributed by atoms with Gasteiger partial charge in [0.25, 0.3) is 0 Å². The highest BCUT2D eigenvalue weighted by Gasteiger charge is 2.07. The number of nitrogens with zero attached hydrogens (tertiary/aromatic N) is 1. The van der Waals surface area contributed by atoms with Crippen molar-refractivity contribution in [3.8, 4) is 10.6 Å². The van der Waals surface area contributed by atoms with Crippen molar-refractivity contribution in [2.75, 3.05) is 0 Å². The second-order valence-corrected chi connectivity index (χ2v) is 4.17. The van der Waals surface area contributed by atoms with Gasteiger partial charge in [0.2, 0.25) is 0 Å². The number of rotatable bonds is 3. The number of pyridine rings is 1. The fraction of sp³-hybridized carbons (Fsp3) is 0. The summed E-state index contributed by atoms with van der Waals surface area (Å²) in [7, 11) is 0. The maximum absolute atomic E-state index is 10.8. The Morgan fingerprint density at radius 3 is 2.81 bits per heavy atom. The van der Waals surface area contributed by atoms with E-state index in [1.165, 1.54) is 29.7 Å². The number of carbonyl (C=O) groups is 2. The smallest absolute Gasteiger partial charge is 0.335 e. The zero-order valence-electron chi connectivity index (χ0n) is 8.08. The van der Waals surface area contributed by atoms with Crippen LogP contribution in [-0.4, -0.2) is 22.3 Å². The molecule has 16 heavy (non-hydrogen) atoms. The molecule has 0 aliphatic rings. The summed E-state index contributed by atoms with van der Waals surface area (Å²) in [6.07, 6.45) is 2.20.